The Morgan fingerprint density at radius 3 is 2.84 bits per heavy atom. The molecule has 106 valence electrons. The lowest BCUT2D eigenvalue weighted by atomic mass is 10.2. The molecule has 4 nitrogen and oxygen atoms in total. The second-order valence-corrected chi connectivity index (χ2v) is 4.41. The van der Waals surface area contributed by atoms with E-state index in [1.165, 1.54) is 0 Å². The Balaban J connectivity index is 2.13. The Morgan fingerprint density at radius 2 is 2.26 bits per heavy atom. The van der Waals surface area contributed by atoms with Gasteiger partial charge in [-0.25, -0.2) is 9.97 Å². The average molecular weight is 275 g/mol. The topological polar surface area (TPSA) is 38.2 Å². The molecule has 0 amide bonds. The quantitative estimate of drug-likeness (QED) is 0.846. The summed E-state index contributed by atoms with van der Waals surface area (Å²) in [5.74, 6) is 0.104. The van der Waals surface area contributed by atoms with E-state index in [4.69, 9.17) is 4.74 Å². The van der Waals surface area contributed by atoms with Crippen LogP contribution >= 0.6 is 0 Å². The van der Waals surface area contributed by atoms with Crippen LogP contribution in [0.4, 0.5) is 19.1 Å². The summed E-state index contributed by atoms with van der Waals surface area (Å²) in [6.07, 6.45) is -1.33. The summed E-state index contributed by atoms with van der Waals surface area (Å²) in [5, 5.41) is 0. The lowest BCUT2D eigenvalue weighted by molar-refractivity contribution is -0.141. The zero-order valence-electron chi connectivity index (χ0n) is 10.7. The maximum absolute atomic E-state index is 12.6. The van der Waals surface area contributed by atoms with Crippen molar-refractivity contribution in [2.45, 2.75) is 32.0 Å². The highest BCUT2D eigenvalue weighted by molar-refractivity contribution is 5.31. The third kappa shape index (κ3) is 3.56. The molecule has 1 aromatic heterocycles. The summed E-state index contributed by atoms with van der Waals surface area (Å²) in [7, 11) is 0. The van der Waals surface area contributed by atoms with Crippen LogP contribution < -0.4 is 4.90 Å². The van der Waals surface area contributed by atoms with Gasteiger partial charge < -0.3 is 9.64 Å². The van der Waals surface area contributed by atoms with Crippen molar-refractivity contribution in [3.05, 3.63) is 18.0 Å². The van der Waals surface area contributed by atoms with Gasteiger partial charge in [-0.05, 0) is 25.8 Å². The molecule has 1 saturated heterocycles. The summed E-state index contributed by atoms with van der Waals surface area (Å²) < 4.78 is 43.3. The first-order valence-electron chi connectivity index (χ1n) is 6.27. The molecule has 1 atom stereocenters. The molecule has 1 unspecified atom stereocenters. The van der Waals surface area contributed by atoms with Crippen molar-refractivity contribution in [1.82, 2.24) is 9.97 Å². The molecule has 0 saturated carbocycles. The SMILES string of the molecule is CCN(CC1CCCO1)c1nccc(C(F)(F)F)n1. The van der Waals surface area contributed by atoms with Gasteiger partial charge in [-0.3, -0.25) is 0 Å². The summed E-state index contributed by atoms with van der Waals surface area (Å²) in [6.45, 7) is 3.64. The first-order valence-corrected chi connectivity index (χ1v) is 6.27. The highest BCUT2D eigenvalue weighted by atomic mass is 19.4. The number of aromatic nitrogens is 2. The minimum Gasteiger partial charge on any atom is -0.376 e. The first kappa shape index (κ1) is 14.0. The molecule has 1 aliphatic rings. The van der Waals surface area contributed by atoms with Crippen LogP contribution in [0.3, 0.4) is 0 Å². The molecule has 0 aromatic carbocycles. The van der Waals surface area contributed by atoms with Crippen molar-refractivity contribution in [2.75, 3.05) is 24.6 Å². The minimum absolute atomic E-state index is 0.0538. The van der Waals surface area contributed by atoms with Crippen LogP contribution in [0.5, 0.6) is 0 Å². The van der Waals surface area contributed by atoms with E-state index in [1.807, 2.05) is 6.92 Å². The van der Waals surface area contributed by atoms with Crippen LogP contribution in [0.1, 0.15) is 25.5 Å². The summed E-state index contributed by atoms with van der Waals surface area (Å²) in [5.41, 5.74) is -0.914. The molecule has 1 aromatic rings. The third-order valence-electron chi connectivity index (χ3n) is 3.05. The smallest absolute Gasteiger partial charge is 0.376 e. The Kier molecular flexibility index (Phi) is 4.24. The van der Waals surface area contributed by atoms with Crippen LogP contribution in [-0.4, -0.2) is 35.8 Å². The lowest BCUT2D eigenvalue weighted by Crippen LogP contribution is -2.33. The van der Waals surface area contributed by atoms with Crippen molar-refractivity contribution in [3.8, 4) is 0 Å². The average Bonchev–Trinajstić information content (AvgIpc) is 2.88. The fourth-order valence-electron chi connectivity index (χ4n) is 2.04. The Morgan fingerprint density at radius 1 is 1.47 bits per heavy atom. The van der Waals surface area contributed by atoms with E-state index in [9.17, 15) is 13.2 Å². The van der Waals surface area contributed by atoms with Gasteiger partial charge in [-0.1, -0.05) is 0 Å². The molecule has 0 N–H and O–H groups in total. The van der Waals surface area contributed by atoms with Crippen molar-refractivity contribution in [1.29, 1.82) is 0 Å². The number of hydrogen-bond acceptors (Lipinski definition) is 4. The maximum atomic E-state index is 12.6. The molecule has 0 bridgehead atoms. The molecule has 2 heterocycles. The molecule has 0 aliphatic carbocycles. The van der Waals surface area contributed by atoms with Crippen LogP contribution in [0.15, 0.2) is 12.3 Å². The molecule has 0 radical (unpaired) electrons. The Labute approximate surface area is 109 Å². The minimum atomic E-state index is -4.44. The van der Waals surface area contributed by atoms with E-state index in [0.29, 0.717) is 19.7 Å². The fraction of sp³-hybridized carbons (Fsp3) is 0.667. The zero-order valence-corrected chi connectivity index (χ0v) is 10.7. The third-order valence-corrected chi connectivity index (χ3v) is 3.05. The van der Waals surface area contributed by atoms with Gasteiger partial charge in [-0.2, -0.15) is 13.2 Å². The van der Waals surface area contributed by atoms with E-state index in [2.05, 4.69) is 9.97 Å². The van der Waals surface area contributed by atoms with Crippen molar-refractivity contribution >= 4 is 5.95 Å². The molecule has 2 rings (SSSR count). The molecule has 7 heteroatoms. The van der Waals surface area contributed by atoms with Gasteiger partial charge in [0.2, 0.25) is 5.95 Å². The van der Waals surface area contributed by atoms with Crippen molar-refractivity contribution in [3.63, 3.8) is 0 Å². The van der Waals surface area contributed by atoms with Gasteiger partial charge in [0, 0.05) is 25.9 Å². The standard InChI is InChI=1S/C12H16F3N3O/c1-2-18(8-9-4-3-7-19-9)11-16-6-5-10(17-11)12(13,14)15/h5-6,9H,2-4,7-8H2,1H3. The zero-order chi connectivity index (χ0) is 13.9. The maximum Gasteiger partial charge on any atom is 0.433 e. The van der Waals surface area contributed by atoms with E-state index >= 15 is 0 Å². The van der Waals surface area contributed by atoms with Crippen LogP contribution in [0.25, 0.3) is 0 Å². The van der Waals surface area contributed by atoms with E-state index in [1.54, 1.807) is 4.90 Å². The first-order chi connectivity index (χ1) is 9.00. The molecule has 1 fully saturated rings. The van der Waals surface area contributed by atoms with Gasteiger partial charge >= 0.3 is 6.18 Å². The number of hydrogen-bond donors (Lipinski definition) is 0. The molecule has 19 heavy (non-hydrogen) atoms. The predicted molar refractivity (Wildman–Crippen MR) is 63.9 cm³/mol. The van der Waals surface area contributed by atoms with Gasteiger partial charge in [0.25, 0.3) is 0 Å². The van der Waals surface area contributed by atoms with E-state index in [0.717, 1.165) is 25.1 Å². The number of anilines is 1. The normalized spacial score (nSPS) is 19.7. The summed E-state index contributed by atoms with van der Waals surface area (Å²) >= 11 is 0. The second-order valence-electron chi connectivity index (χ2n) is 4.41. The van der Waals surface area contributed by atoms with Crippen LogP contribution in [0.2, 0.25) is 0 Å². The Bertz CT molecular complexity index is 419. The molecular weight excluding hydrogens is 259 g/mol. The van der Waals surface area contributed by atoms with Crippen molar-refractivity contribution < 1.29 is 17.9 Å². The van der Waals surface area contributed by atoms with Gasteiger partial charge in [-0.15, -0.1) is 0 Å². The number of ether oxygens (including phenoxy) is 1. The van der Waals surface area contributed by atoms with Gasteiger partial charge in [0.05, 0.1) is 6.10 Å². The van der Waals surface area contributed by atoms with Crippen LogP contribution in [-0.2, 0) is 10.9 Å². The number of halogens is 3. The summed E-state index contributed by atoms with van der Waals surface area (Å²) in [4.78, 5) is 9.23. The molecular formula is C12H16F3N3O. The van der Waals surface area contributed by atoms with Gasteiger partial charge in [0.15, 0.2) is 0 Å². The molecule has 1 aliphatic heterocycles. The van der Waals surface area contributed by atoms with E-state index in [-0.39, 0.29) is 12.1 Å². The second kappa shape index (κ2) is 5.73. The summed E-state index contributed by atoms with van der Waals surface area (Å²) in [6, 6.07) is 0.878. The van der Waals surface area contributed by atoms with Gasteiger partial charge in [0.1, 0.15) is 5.69 Å². The highest BCUT2D eigenvalue weighted by Gasteiger charge is 2.33. The predicted octanol–water partition coefficient (Wildman–Crippen LogP) is 2.50. The van der Waals surface area contributed by atoms with Crippen LogP contribution in [0, 0.1) is 0 Å². The number of nitrogens with zero attached hydrogens (tertiary/aromatic N) is 3. The van der Waals surface area contributed by atoms with E-state index < -0.39 is 11.9 Å². The fourth-order valence-corrected chi connectivity index (χ4v) is 2.04. The molecule has 0 spiro atoms. The number of alkyl halides is 3. The largest absolute Gasteiger partial charge is 0.433 e. The number of rotatable bonds is 4. The van der Waals surface area contributed by atoms with Crippen molar-refractivity contribution in [2.24, 2.45) is 0 Å². The lowest BCUT2D eigenvalue weighted by Gasteiger charge is -2.24. The Hall–Kier alpha value is -1.37. The highest BCUT2D eigenvalue weighted by Crippen LogP contribution is 2.28. The monoisotopic (exact) mass is 275 g/mol. The number of likely N-dealkylation sites (N-methyl/N-ethyl adjacent to an activating group) is 1.